The van der Waals surface area contributed by atoms with E-state index in [1.54, 1.807) is 0 Å². The monoisotopic (exact) mass is 661 g/mol. The van der Waals surface area contributed by atoms with Gasteiger partial charge in [0.05, 0.1) is 22.6 Å². The number of pyridine rings is 1. The first-order valence-corrected chi connectivity index (χ1v) is 17.6. The van der Waals surface area contributed by atoms with E-state index in [9.17, 15) is 0 Å². The topological polar surface area (TPSA) is 38.7 Å². The average molecular weight is 662 g/mol. The van der Waals surface area contributed by atoms with E-state index in [1.165, 1.54) is 16.2 Å². The van der Waals surface area contributed by atoms with E-state index in [-0.39, 0.29) is 0 Å². The predicted octanol–water partition coefficient (Wildman–Crippen LogP) is 12.8. The van der Waals surface area contributed by atoms with E-state index in [1.807, 2.05) is 6.07 Å². The molecule has 8 aromatic carbocycles. The molecule has 0 spiro atoms. The number of hydrogen-bond donors (Lipinski definition) is 0. The third-order valence-electron chi connectivity index (χ3n) is 10.1. The van der Waals surface area contributed by atoms with E-state index in [0.29, 0.717) is 5.82 Å². The van der Waals surface area contributed by atoms with Crippen LogP contribution in [0.15, 0.2) is 188 Å². The van der Waals surface area contributed by atoms with Gasteiger partial charge in [0, 0.05) is 27.6 Å². The summed E-state index contributed by atoms with van der Waals surface area (Å²) in [6.07, 6.45) is 0. The van der Waals surface area contributed by atoms with Gasteiger partial charge in [-0.3, -0.25) is 0 Å². The molecule has 0 aliphatic heterocycles. The Morgan fingerprint density at radius 2 is 0.827 bits per heavy atom. The molecule has 0 bridgehead atoms. The Labute approximate surface area is 301 Å². The molecule has 0 radical (unpaired) electrons. The summed E-state index contributed by atoms with van der Waals surface area (Å²) in [6.45, 7) is 0. The number of hydrogen-bond acceptors (Lipinski definition) is 3. The standard InChI is InChI=1S/C49H31N3/c1-2-16-35(17-3-1)45-30-43(48-40-24-9-6-15-34(40)27-28-44(48)50-45)36-20-10-21-37(29-36)46-31-47(41-25-11-18-32-13-4-7-22-38(32)41)52-49(51-46)42-26-12-19-33-14-5-8-23-39(33)42/h1-31H. The molecule has 242 valence electrons. The fourth-order valence-electron chi connectivity index (χ4n) is 7.56. The van der Waals surface area contributed by atoms with Crippen LogP contribution in [0.3, 0.4) is 0 Å². The lowest BCUT2D eigenvalue weighted by molar-refractivity contribution is 1.19. The summed E-state index contributed by atoms with van der Waals surface area (Å²) in [4.78, 5) is 15.8. The molecule has 52 heavy (non-hydrogen) atoms. The summed E-state index contributed by atoms with van der Waals surface area (Å²) in [5.74, 6) is 0.703. The molecular formula is C49H31N3. The van der Waals surface area contributed by atoms with Gasteiger partial charge in [0.2, 0.25) is 0 Å². The molecule has 0 unspecified atom stereocenters. The quantitative estimate of drug-likeness (QED) is 0.172. The predicted molar refractivity (Wildman–Crippen MR) is 217 cm³/mol. The van der Waals surface area contributed by atoms with Crippen molar-refractivity contribution >= 4 is 43.2 Å². The molecule has 10 rings (SSSR count). The van der Waals surface area contributed by atoms with E-state index < -0.39 is 0 Å². The van der Waals surface area contributed by atoms with E-state index >= 15 is 0 Å². The Hall–Kier alpha value is -6.97. The molecule has 0 aliphatic rings. The Balaban J connectivity index is 1.22. The SMILES string of the molecule is c1ccc(-c2cc(-c3cccc(-c4cc(-c5cccc6ccccc56)nc(-c5cccc6ccccc56)n4)c3)c3c(ccc4ccccc43)n2)cc1. The van der Waals surface area contributed by atoms with Crippen molar-refractivity contribution in [3.63, 3.8) is 0 Å². The normalized spacial score (nSPS) is 11.5. The van der Waals surface area contributed by atoms with Gasteiger partial charge in [-0.05, 0) is 67.7 Å². The van der Waals surface area contributed by atoms with Crippen LogP contribution in [-0.2, 0) is 0 Å². The first-order chi connectivity index (χ1) is 25.8. The molecule has 0 fully saturated rings. The Morgan fingerprint density at radius 3 is 1.60 bits per heavy atom. The van der Waals surface area contributed by atoms with Gasteiger partial charge in [-0.15, -0.1) is 0 Å². The highest BCUT2D eigenvalue weighted by Crippen LogP contribution is 2.39. The van der Waals surface area contributed by atoms with Gasteiger partial charge in [-0.1, -0.05) is 164 Å². The molecule has 0 saturated heterocycles. The van der Waals surface area contributed by atoms with Gasteiger partial charge in [-0.25, -0.2) is 15.0 Å². The van der Waals surface area contributed by atoms with Gasteiger partial charge in [0.25, 0.3) is 0 Å². The number of aromatic nitrogens is 3. The summed E-state index contributed by atoms with van der Waals surface area (Å²) in [5.41, 5.74) is 10.1. The molecule has 0 N–H and O–H groups in total. The van der Waals surface area contributed by atoms with Crippen molar-refractivity contribution in [1.29, 1.82) is 0 Å². The summed E-state index contributed by atoms with van der Waals surface area (Å²) in [7, 11) is 0. The lowest BCUT2D eigenvalue weighted by Gasteiger charge is -2.15. The summed E-state index contributed by atoms with van der Waals surface area (Å²) < 4.78 is 0. The summed E-state index contributed by atoms with van der Waals surface area (Å²) in [6, 6.07) is 66.2. The Bertz CT molecular complexity index is 2860. The van der Waals surface area contributed by atoms with Crippen molar-refractivity contribution in [3.05, 3.63) is 188 Å². The van der Waals surface area contributed by atoms with E-state index in [4.69, 9.17) is 15.0 Å². The molecular weight excluding hydrogens is 631 g/mol. The van der Waals surface area contributed by atoms with E-state index in [0.717, 1.165) is 77.5 Å². The highest BCUT2D eigenvalue weighted by Gasteiger charge is 2.17. The molecule has 0 amide bonds. The van der Waals surface area contributed by atoms with Crippen molar-refractivity contribution in [1.82, 2.24) is 15.0 Å². The van der Waals surface area contributed by atoms with Crippen molar-refractivity contribution in [2.24, 2.45) is 0 Å². The molecule has 0 saturated carbocycles. The maximum atomic E-state index is 5.32. The molecule has 3 nitrogen and oxygen atoms in total. The van der Waals surface area contributed by atoms with Crippen LogP contribution in [0.1, 0.15) is 0 Å². The first-order valence-electron chi connectivity index (χ1n) is 17.6. The van der Waals surface area contributed by atoms with Crippen LogP contribution in [0.4, 0.5) is 0 Å². The van der Waals surface area contributed by atoms with Crippen LogP contribution in [0.2, 0.25) is 0 Å². The number of benzene rings is 8. The fourth-order valence-corrected chi connectivity index (χ4v) is 7.56. The highest BCUT2D eigenvalue weighted by atomic mass is 14.9. The maximum absolute atomic E-state index is 5.32. The van der Waals surface area contributed by atoms with Gasteiger partial charge in [0.15, 0.2) is 5.82 Å². The zero-order chi connectivity index (χ0) is 34.4. The molecule has 2 aromatic heterocycles. The van der Waals surface area contributed by atoms with Crippen LogP contribution in [0.5, 0.6) is 0 Å². The second-order valence-electron chi connectivity index (χ2n) is 13.2. The summed E-state index contributed by atoms with van der Waals surface area (Å²) in [5, 5.41) is 8.15. The molecule has 0 aliphatic carbocycles. The van der Waals surface area contributed by atoms with Gasteiger partial charge >= 0.3 is 0 Å². The van der Waals surface area contributed by atoms with Crippen molar-refractivity contribution < 1.29 is 0 Å². The zero-order valence-corrected chi connectivity index (χ0v) is 28.2. The van der Waals surface area contributed by atoms with Crippen LogP contribution in [0, 0.1) is 0 Å². The van der Waals surface area contributed by atoms with Crippen LogP contribution >= 0.6 is 0 Å². The highest BCUT2D eigenvalue weighted by molar-refractivity contribution is 6.14. The number of rotatable bonds is 5. The Morgan fingerprint density at radius 1 is 0.288 bits per heavy atom. The smallest absolute Gasteiger partial charge is 0.161 e. The lowest BCUT2D eigenvalue weighted by atomic mass is 9.93. The van der Waals surface area contributed by atoms with Gasteiger partial charge < -0.3 is 0 Å². The largest absolute Gasteiger partial charge is 0.248 e. The number of fused-ring (bicyclic) bond motifs is 5. The van der Waals surface area contributed by atoms with Crippen molar-refractivity contribution in [3.8, 4) is 56.3 Å². The molecule has 0 atom stereocenters. The third kappa shape index (κ3) is 5.19. The van der Waals surface area contributed by atoms with Gasteiger partial charge in [0.1, 0.15) is 0 Å². The molecule has 10 aromatic rings. The first kappa shape index (κ1) is 29.9. The van der Waals surface area contributed by atoms with Crippen LogP contribution in [-0.4, -0.2) is 15.0 Å². The summed E-state index contributed by atoms with van der Waals surface area (Å²) >= 11 is 0. The number of nitrogens with zero attached hydrogens (tertiary/aromatic N) is 3. The van der Waals surface area contributed by atoms with Crippen molar-refractivity contribution in [2.75, 3.05) is 0 Å². The maximum Gasteiger partial charge on any atom is 0.161 e. The lowest BCUT2D eigenvalue weighted by Crippen LogP contribution is -1.97. The van der Waals surface area contributed by atoms with Crippen LogP contribution < -0.4 is 0 Å². The second kappa shape index (κ2) is 12.4. The third-order valence-corrected chi connectivity index (χ3v) is 10.1. The Kier molecular flexibility index (Phi) is 7.14. The molecule has 3 heteroatoms. The minimum Gasteiger partial charge on any atom is -0.248 e. The van der Waals surface area contributed by atoms with Crippen molar-refractivity contribution in [2.45, 2.75) is 0 Å². The zero-order valence-electron chi connectivity index (χ0n) is 28.2. The van der Waals surface area contributed by atoms with Crippen LogP contribution in [0.25, 0.3) is 99.5 Å². The molecule has 2 heterocycles. The second-order valence-corrected chi connectivity index (χ2v) is 13.2. The minimum absolute atomic E-state index is 0.703. The minimum atomic E-state index is 0.703. The average Bonchev–Trinajstić information content (AvgIpc) is 3.23. The van der Waals surface area contributed by atoms with Gasteiger partial charge in [-0.2, -0.15) is 0 Å². The fraction of sp³-hybridized carbons (Fsp3) is 0. The van der Waals surface area contributed by atoms with E-state index in [2.05, 4.69) is 182 Å².